The third-order valence-corrected chi connectivity index (χ3v) is 3.35. The van der Waals surface area contributed by atoms with Crippen LogP contribution in [-0.4, -0.2) is 27.0 Å². The predicted molar refractivity (Wildman–Crippen MR) is 83.3 cm³/mol. The van der Waals surface area contributed by atoms with Crippen molar-refractivity contribution >= 4 is 0 Å². The van der Waals surface area contributed by atoms with E-state index in [9.17, 15) is 19.1 Å². The molecule has 2 aromatic rings. The second kappa shape index (κ2) is 7.57. The van der Waals surface area contributed by atoms with Gasteiger partial charge in [0.25, 0.3) is 5.56 Å². The van der Waals surface area contributed by atoms with Crippen LogP contribution in [0.1, 0.15) is 12.5 Å². The molecular formula is C16H16FN3O4. The van der Waals surface area contributed by atoms with Gasteiger partial charge in [0.2, 0.25) is 0 Å². The number of hydrogen-bond donors (Lipinski definition) is 1. The Morgan fingerprint density at radius 2 is 2.00 bits per heavy atom. The second-order valence-electron chi connectivity index (χ2n) is 5.06. The normalized spacial score (nSPS) is 11.8. The van der Waals surface area contributed by atoms with Gasteiger partial charge in [0.15, 0.2) is 0 Å². The van der Waals surface area contributed by atoms with Crippen LogP contribution in [0.5, 0.6) is 5.75 Å². The zero-order valence-corrected chi connectivity index (χ0v) is 13.0. The number of hydrogen-bond acceptors (Lipinski definition) is 5. The first-order valence-electron chi connectivity index (χ1n) is 7.27. The van der Waals surface area contributed by atoms with Crippen molar-refractivity contribution < 1.29 is 14.2 Å². The van der Waals surface area contributed by atoms with Crippen LogP contribution >= 0.6 is 0 Å². The van der Waals surface area contributed by atoms with Crippen LogP contribution in [0.15, 0.2) is 40.1 Å². The monoisotopic (exact) mass is 333 g/mol. The van der Waals surface area contributed by atoms with Crippen molar-refractivity contribution in [1.82, 2.24) is 9.13 Å². The minimum atomic E-state index is -1.15. The van der Waals surface area contributed by atoms with E-state index in [0.29, 0.717) is 5.75 Å². The van der Waals surface area contributed by atoms with E-state index in [-0.39, 0.29) is 25.3 Å². The molecule has 1 N–H and O–H groups in total. The summed E-state index contributed by atoms with van der Waals surface area (Å²) in [6.45, 7) is 1.48. The number of aliphatic hydroxyl groups is 1. The third kappa shape index (κ3) is 3.88. The molecule has 0 saturated carbocycles. The van der Waals surface area contributed by atoms with Gasteiger partial charge in [0.05, 0.1) is 6.54 Å². The van der Waals surface area contributed by atoms with E-state index in [1.54, 1.807) is 13.0 Å². The van der Waals surface area contributed by atoms with Crippen molar-refractivity contribution in [3.8, 4) is 11.8 Å². The molecule has 0 unspecified atom stereocenters. The van der Waals surface area contributed by atoms with Crippen molar-refractivity contribution in [3.63, 3.8) is 0 Å². The van der Waals surface area contributed by atoms with E-state index in [0.717, 1.165) is 4.57 Å². The average molecular weight is 333 g/mol. The van der Waals surface area contributed by atoms with Gasteiger partial charge >= 0.3 is 5.69 Å². The predicted octanol–water partition coefficient (Wildman–Crippen LogP) is 0.481. The topological polar surface area (TPSA) is 97.2 Å². The number of halogens is 1. The first-order valence-corrected chi connectivity index (χ1v) is 7.27. The number of nitriles is 1. The summed E-state index contributed by atoms with van der Waals surface area (Å²) in [6, 6.07) is 6.95. The number of aryl methyl sites for hydroxylation is 1. The summed E-state index contributed by atoms with van der Waals surface area (Å²) in [5.74, 6) is -0.0672. The highest BCUT2D eigenvalue weighted by Crippen LogP contribution is 2.11. The maximum absolute atomic E-state index is 12.8. The van der Waals surface area contributed by atoms with Gasteiger partial charge in [-0.1, -0.05) is 0 Å². The Balaban J connectivity index is 2.15. The minimum Gasteiger partial charge on any atom is -0.491 e. The largest absolute Gasteiger partial charge is 0.491 e. The van der Waals surface area contributed by atoms with Gasteiger partial charge in [0.1, 0.15) is 35.9 Å². The molecule has 0 fully saturated rings. The molecular weight excluding hydrogens is 317 g/mol. The first-order chi connectivity index (χ1) is 11.5. The lowest BCUT2D eigenvalue weighted by Gasteiger charge is -2.15. The van der Waals surface area contributed by atoms with Crippen molar-refractivity contribution in [1.29, 1.82) is 5.26 Å². The van der Waals surface area contributed by atoms with Crippen LogP contribution in [0.2, 0.25) is 0 Å². The molecule has 1 aromatic carbocycles. The molecule has 24 heavy (non-hydrogen) atoms. The van der Waals surface area contributed by atoms with Gasteiger partial charge in [-0.3, -0.25) is 13.9 Å². The molecule has 7 nitrogen and oxygen atoms in total. The minimum absolute atomic E-state index is 0.178. The lowest BCUT2D eigenvalue weighted by Crippen LogP contribution is -2.44. The zero-order chi connectivity index (χ0) is 17.7. The molecule has 0 aliphatic carbocycles. The first kappa shape index (κ1) is 17.4. The maximum Gasteiger partial charge on any atom is 0.331 e. The Hall–Kier alpha value is -2.92. The van der Waals surface area contributed by atoms with Crippen molar-refractivity contribution in [3.05, 3.63) is 62.7 Å². The van der Waals surface area contributed by atoms with Crippen molar-refractivity contribution in [2.75, 3.05) is 6.61 Å². The highest BCUT2D eigenvalue weighted by Gasteiger charge is 2.15. The summed E-state index contributed by atoms with van der Waals surface area (Å²) in [4.78, 5) is 24.2. The number of ether oxygens (including phenoxy) is 1. The molecule has 8 heteroatoms. The zero-order valence-electron chi connectivity index (χ0n) is 13.0. The summed E-state index contributed by atoms with van der Waals surface area (Å²) in [7, 11) is 0. The van der Waals surface area contributed by atoms with Crippen LogP contribution in [0.4, 0.5) is 4.39 Å². The van der Waals surface area contributed by atoms with Crippen LogP contribution in [-0.2, 0) is 13.1 Å². The molecule has 0 aliphatic heterocycles. The average Bonchev–Trinajstić information content (AvgIpc) is 2.58. The Kier molecular flexibility index (Phi) is 5.50. The van der Waals surface area contributed by atoms with Crippen LogP contribution in [0.3, 0.4) is 0 Å². The highest BCUT2D eigenvalue weighted by molar-refractivity contribution is 5.23. The van der Waals surface area contributed by atoms with Gasteiger partial charge in [-0.25, -0.2) is 9.18 Å². The molecule has 2 rings (SSSR count). The fraction of sp³-hybridized carbons (Fsp3) is 0.312. The smallest absolute Gasteiger partial charge is 0.331 e. The molecule has 1 heterocycles. The SMILES string of the molecule is CCn1cc(C#N)c(=O)n(C[C@@H](O)COc2ccc(F)cc2)c1=O. The molecule has 0 spiro atoms. The number of rotatable bonds is 6. The van der Waals surface area contributed by atoms with E-state index < -0.39 is 23.2 Å². The van der Waals surface area contributed by atoms with Gasteiger partial charge < -0.3 is 9.84 Å². The number of benzene rings is 1. The molecule has 1 atom stereocenters. The molecule has 0 amide bonds. The highest BCUT2D eigenvalue weighted by atomic mass is 19.1. The summed E-state index contributed by atoms with van der Waals surface area (Å²) in [5, 5.41) is 19.0. The standard InChI is InChI=1S/C16H16FN3O4/c1-2-19-8-11(7-18)15(22)20(16(19)23)9-13(21)10-24-14-5-3-12(17)4-6-14/h3-6,8,13,21H,2,9-10H2,1H3/t13-/m1/s1. The Morgan fingerprint density at radius 1 is 1.33 bits per heavy atom. The fourth-order valence-electron chi connectivity index (χ4n) is 2.10. The number of aromatic nitrogens is 2. The van der Waals surface area contributed by atoms with Crippen molar-refractivity contribution in [2.24, 2.45) is 0 Å². The third-order valence-electron chi connectivity index (χ3n) is 3.35. The molecule has 0 bridgehead atoms. The van der Waals surface area contributed by atoms with E-state index in [4.69, 9.17) is 10.00 Å². The maximum atomic E-state index is 12.8. The second-order valence-corrected chi connectivity index (χ2v) is 5.06. The van der Waals surface area contributed by atoms with Crippen LogP contribution < -0.4 is 16.0 Å². The Morgan fingerprint density at radius 3 is 2.58 bits per heavy atom. The van der Waals surface area contributed by atoms with Gasteiger partial charge in [0, 0.05) is 12.7 Å². The fourth-order valence-corrected chi connectivity index (χ4v) is 2.10. The van der Waals surface area contributed by atoms with Gasteiger partial charge in [-0.05, 0) is 31.2 Å². The quantitative estimate of drug-likeness (QED) is 0.829. The van der Waals surface area contributed by atoms with E-state index in [2.05, 4.69) is 0 Å². The number of nitrogens with zero attached hydrogens (tertiary/aromatic N) is 3. The Labute approximate surface area is 136 Å². The van der Waals surface area contributed by atoms with Gasteiger partial charge in [-0.15, -0.1) is 0 Å². The van der Waals surface area contributed by atoms with E-state index >= 15 is 0 Å². The van der Waals surface area contributed by atoms with Crippen LogP contribution in [0, 0.1) is 17.1 Å². The Bertz CT molecular complexity index is 865. The lowest BCUT2D eigenvalue weighted by molar-refractivity contribution is 0.0899. The molecule has 0 aliphatic rings. The summed E-state index contributed by atoms with van der Waals surface area (Å²) in [6.07, 6.45) is 0.0439. The van der Waals surface area contributed by atoms with Gasteiger partial charge in [-0.2, -0.15) is 5.26 Å². The van der Waals surface area contributed by atoms with E-state index in [1.165, 1.54) is 35.0 Å². The molecule has 0 saturated heterocycles. The summed E-state index contributed by atoms with van der Waals surface area (Å²) >= 11 is 0. The van der Waals surface area contributed by atoms with E-state index in [1.807, 2.05) is 0 Å². The van der Waals surface area contributed by atoms with Crippen LogP contribution in [0.25, 0.3) is 0 Å². The molecule has 1 aromatic heterocycles. The van der Waals surface area contributed by atoms with Crippen molar-refractivity contribution in [2.45, 2.75) is 26.1 Å². The molecule has 126 valence electrons. The summed E-state index contributed by atoms with van der Waals surface area (Å²) in [5.41, 5.74) is -1.54. The lowest BCUT2D eigenvalue weighted by atomic mass is 10.3. The molecule has 0 radical (unpaired) electrons. The number of aliphatic hydroxyl groups excluding tert-OH is 1. The summed E-state index contributed by atoms with van der Waals surface area (Å²) < 4.78 is 20.1.